The van der Waals surface area contributed by atoms with Crippen LogP contribution in [0.4, 0.5) is 5.82 Å². The summed E-state index contributed by atoms with van der Waals surface area (Å²) in [5.74, 6) is 3.26. The summed E-state index contributed by atoms with van der Waals surface area (Å²) in [5.41, 5.74) is 0.936. The molecule has 0 spiro atoms. The van der Waals surface area contributed by atoms with Crippen LogP contribution in [0.5, 0.6) is 0 Å². The third kappa shape index (κ3) is 2.12. The standard InChI is InChI=1S/C9H12ClN3S/c1-6-8(10)11-5-12-9(6)13-7-2-3-14-4-7/h5,7H,2-4H2,1H3,(H,11,12,13). The van der Waals surface area contributed by atoms with Crippen LogP contribution in [0.1, 0.15) is 12.0 Å². The molecule has 1 atom stereocenters. The molecule has 0 aromatic carbocycles. The maximum Gasteiger partial charge on any atom is 0.137 e. The van der Waals surface area contributed by atoms with Crippen molar-refractivity contribution in [2.45, 2.75) is 19.4 Å². The molecule has 0 radical (unpaired) electrons. The average Bonchev–Trinajstić information content (AvgIpc) is 2.66. The van der Waals surface area contributed by atoms with Crippen molar-refractivity contribution in [3.05, 3.63) is 17.0 Å². The lowest BCUT2D eigenvalue weighted by Crippen LogP contribution is -2.19. The minimum atomic E-state index is 0.532. The molecule has 1 unspecified atom stereocenters. The lowest BCUT2D eigenvalue weighted by atomic mass is 10.2. The van der Waals surface area contributed by atoms with E-state index in [1.807, 2.05) is 18.7 Å². The minimum Gasteiger partial charge on any atom is -0.366 e. The third-order valence-corrected chi connectivity index (χ3v) is 3.84. The van der Waals surface area contributed by atoms with Gasteiger partial charge in [-0.25, -0.2) is 9.97 Å². The Kier molecular flexibility index (Phi) is 3.13. The number of aromatic nitrogens is 2. The molecule has 2 rings (SSSR count). The van der Waals surface area contributed by atoms with Gasteiger partial charge in [0.25, 0.3) is 0 Å². The summed E-state index contributed by atoms with van der Waals surface area (Å²) in [6, 6.07) is 0.532. The topological polar surface area (TPSA) is 37.8 Å². The molecule has 0 aliphatic carbocycles. The van der Waals surface area contributed by atoms with E-state index in [2.05, 4.69) is 15.3 Å². The van der Waals surface area contributed by atoms with Gasteiger partial charge in [0.1, 0.15) is 17.3 Å². The highest BCUT2D eigenvalue weighted by molar-refractivity contribution is 7.99. The van der Waals surface area contributed by atoms with Crippen molar-refractivity contribution in [2.24, 2.45) is 0 Å². The quantitative estimate of drug-likeness (QED) is 0.791. The Balaban J connectivity index is 2.11. The first kappa shape index (κ1) is 10.1. The molecule has 0 bridgehead atoms. The first-order valence-electron chi connectivity index (χ1n) is 4.59. The first-order valence-corrected chi connectivity index (χ1v) is 6.12. The number of nitrogens with zero attached hydrogens (tertiary/aromatic N) is 2. The van der Waals surface area contributed by atoms with Crippen molar-refractivity contribution in [1.82, 2.24) is 9.97 Å². The van der Waals surface area contributed by atoms with Gasteiger partial charge in [0.05, 0.1) is 0 Å². The fraction of sp³-hybridized carbons (Fsp3) is 0.556. The van der Waals surface area contributed by atoms with Gasteiger partial charge in [-0.1, -0.05) is 11.6 Å². The number of thioether (sulfide) groups is 1. The van der Waals surface area contributed by atoms with E-state index in [0.29, 0.717) is 11.2 Å². The highest BCUT2D eigenvalue weighted by Crippen LogP contribution is 2.23. The molecule has 76 valence electrons. The highest BCUT2D eigenvalue weighted by Gasteiger charge is 2.16. The normalized spacial score (nSPS) is 21.1. The summed E-state index contributed by atoms with van der Waals surface area (Å²) in [4.78, 5) is 8.11. The molecule has 2 heterocycles. The van der Waals surface area contributed by atoms with E-state index >= 15 is 0 Å². The van der Waals surface area contributed by atoms with Crippen LogP contribution in [0.3, 0.4) is 0 Å². The fourth-order valence-electron chi connectivity index (χ4n) is 1.42. The molecule has 1 aliphatic rings. The predicted octanol–water partition coefficient (Wildman–Crippen LogP) is 2.36. The zero-order valence-corrected chi connectivity index (χ0v) is 9.53. The summed E-state index contributed by atoms with van der Waals surface area (Å²) in [6.45, 7) is 1.94. The van der Waals surface area contributed by atoms with Gasteiger partial charge in [-0.3, -0.25) is 0 Å². The second-order valence-electron chi connectivity index (χ2n) is 3.34. The van der Waals surface area contributed by atoms with Gasteiger partial charge in [-0.15, -0.1) is 0 Å². The lowest BCUT2D eigenvalue weighted by molar-refractivity contribution is 0.803. The second kappa shape index (κ2) is 4.36. The van der Waals surface area contributed by atoms with E-state index in [1.165, 1.54) is 18.5 Å². The average molecular weight is 230 g/mol. The van der Waals surface area contributed by atoms with E-state index in [1.54, 1.807) is 0 Å². The van der Waals surface area contributed by atoms with Crippen molar-refractivity contribution in [1.29, 1.82) is 0 Å². The molecule has 1 aromatic rings. The predicted molar refractivity (Wildman–Crippen MR) is 61.1 cm³/mol. The minimum absolute atomic E-state index is 0.532. The number of nitrogens with one attached hydrogen (secondary N) is 1. The van der Waals surface area contributed by atoms with E-state index in [4.69, 9.17) is 11.6 Å². The number of hydrogen-bond acceptors (Lipinski definition) is 4. The summed E-state index contributed by atoms with van der Waals surface area (Å²) in [7, 11) is 0. The van der Waals surface area contributed by atoms with Crippen molar-refractivity contribution >= 4 is 29.2 Å². The van der Waals surface area contributed by atoms with Crippen LogP contribution >= 0.6 is 23.4 Å². The van der Waals surface area contributed by atoms with Crippen molar-refractivity contribution < 1.29 is 0 Å². The van der Waals surface area contributed by atoms with Gasteiger partial charge in [0.2, 0.25) is 0 Å². The maximum absolute atomic E-state index is 5.90. The van der Waals surface area contributed by atoms with Crippen molar-refractivity contribution in [3.63, 3.8) is 0 Å². The van der Waals surface area contributed by atoms with Gasteiger partial charge in [0.15, 0.2) is 0 Å². The van der Waals surface area contributed by atoms with Crippen LogP contribution in [0, 0.1) is 6.92 Å². The Morgan fingerprint density at radius 1 is 1.57 bits per heavy atom. The molecule has 3 nitrogen and oxygen atoms in total. The molecule has 1 aromatic heterocycles. The molecule has 5 heteroatoms. The Morgan fingerprint density at radius 3 is 3.14 bits per heavy atom. The van der Waals surface area contributed by atoms with E-state index < -0.39 is 0 Å². The first-order chi connectivity index (χ1) is 6.77. The number of hydrogen-bond donors (Lipinski definition) is 1. The largest absolute Gasteiger partial charge is 0.366 e. The fourth-order valence-corrected chi connectivity index (χ4v) is 2.70. The van der Waals surface area contributed by atoms with Crippen molar-refractivity contribution in [2.75, 3.05) is 16.8 Å². The van der Waals surface area contributed by atoms with Crippen LogP contribution < -0.4 is 5.32 Å². The monoisotopic (exact) mass is 229 g/mol. The Morgan fingerprint density at radius 2 is 2.43 bits per heavy atom. The third-order valence-electron chi connectivity index (χ3n) is 2.29. The van der Waals surface area contributed by atoms with Gasteiger partial charge < -0.3 is 5.32 Å². The highest BCUT2D eigenvalue weighted by atomic mass is 35.5. The van der Waals surface area contributed by atoms with Crippen LogP contribution in [-0.4, -0.2) is 27.5 Å². The SMILES string of the molecule is Cc1c(Cl)ncnc1NC1CCSC1. The molecule has 0 amide bonds. The molecular weight excluding hydrogens is 218 g/mol. The summed E-state index contributed by atoms with van der Waals surface area (Å²) >= 11 is 7.88. The van der Waals surface area contributed by atoms with Crippen LogP contribution in [0.25, 0.3) is 0 Å². The zero-order chi connectivity index (χ0) is 9.97. The van der Waals surface area contributed by atoms with Crippen LogP contribution in [-0.2, 0) is 0 Å². The van der Waals surface area contributed by atoms with Crippen LogP contribution in [0.15, 0.2) is 6.33 Å². The molecule has 1 saturated heterocycles. The molecular formula is C9H12ClN3S. The summed E-state index contributed by atoms with van der Waals surface area (Å²) in [5, 5.41) is 3.93. The second-order valence-corrected chi connectivity index (χ2v) is 4.85. The van der Waals surface area contributed by atoms with Gasteiger partial charge in [-0.05, 0) is 19.1 Å². The zero-order valence-electron chi connectivity index (χ0n) is 7.96. The van der Waals surface area contributed by atoms with Gasteiger partial charge >= 0.3 is 0 Å². The summed E-state index contributed by atoms with van der Waals surface area (Å²) in [6.07, 6.45) is 2.70. The van der Waals surface area contributed by atoms with Crippen molar-refractivity contribution in [3.8, 4) is 0 Å². The number of anilines is 1. The van der Waals surface area contributed by atoms with E-state index in [0.717, 1.165) is 17.1 Å². The Labute approximate surface area is 92.7 Å². The number of halogens is 1. The maximum atomic E-state index is 5.90. The number of rotatable bonds is 2. The molecule has 1 aliphatic heterocycles. The Bertz CT molecular complexity index is 326. The molecule has 14 heavy (non-hydrogen) atoms. The van der Waals surface area contributed by atoms with Gasteiger partial charge in [0, 0.05) is 17.4 Å². The molecule has 1 fully saturated rings. The smallest absolute Gasteiger partial charge is 0.137 e. The molecule has 1 N–H and O–H groups in total. The lowest BCUT2D eigenvalue weighted by Gasteiger charge is -2.13. The van der Waals surface area contributed by atoms with E-state index in [-0.39, 0.29) is 0 Å². The molecule has 0 saturated carbocycles. The van der Waals surface area contributed by atoms with Gasteiger partial charge in [-0.2, -0.15) is 11.8 Å². The van der Waals surface area contributed by atoms with E-state index in [9.17, 15) is 0 Å². The Hall–Kier alpha value is -0.480. The summed E-state index contributed by atoms with van der Waals surface area (Å²) < 4.78 is 0. The van der Waals surface area contributed by atoms with Crippen LogP contribution in [0.2, 0.25) is 5.15 Å².